The Morgan fingerprint density at radius 3 is 2.52 bits per heavy atom. The van der Waals surface area contributed by atoms with Crippen LogP contribution in [0.1, 0.15) is 11.3 Å². The lowest BCUT2D eigenvalue weighted by Crippen LogP contribution is -1.96. The zero-order valence-electron chi connectivity index (χ0n) is 12.8. The summed E-state index contributed by atoms with van der Waals surface area (Å²) in [7, 11) is 0. The minimum Gasteiger partial charge on any atom is -0.464 e. The molecule has 0 spiro atoms. The third-order valence-corrected chi connectivity index (χ3v) is 4.11. The van der Waals surface area contributed by atoms with Crippen molar-refractivity contribution in [1.29, 1.82) is 0 Å². The maximum Gasteiger partial charge on any atom is 0.134 e. The van der Waals surface area contributed by atoms with Crippen LogP contribution in [-0.2, 0) is 12.8 Å². The highest BCUT2D eigenvalue weighted by Gasteiger charge is 2.07. The first-order valence-electron chi connectivity index (χ1n) is 7.86. The molecule has 2 aromatic carbocycles. The van der Waals surface area contributed by atoms with Gasteiger partial charge in [0.15, 0.2) is 0 Å². The summed E-state index contributed by atoms with van der Waals surface area (Å²) < 4.78 is 5.55. The monoisotopic (exact) mass is 299 g/mol. The maximum atomic E-state index is 5.55. The summed E-state index contributed by atoms with van der Waals surface area (Å²) in [5.74, 6) is 0.923. The number of aromatic nitrogens is 1. The predicted octanol–water partition coefficient (Wildman–Crippen LogP) is 5.28. The van der Waals surface area contributed by atoms with Gasteiger partial charge in [-0.3, -0.25) is 4.98 Å². The summed E-state index contributed by atoms with van der Waals surface area (Å²) in [5.41, 5.74) is 4.64. The Morgan fingerprint density at radius 2 is 1.61 bits per heavy atom. The van der Waals surface area contributed by atoms with Gasteiger partial charge in [-0.25, -0.2) is 0 Å². The maximum absolute atomic E-state index is 5.55. The van der Waals surface area contributed by atoms with Crippen molar-refractivity contribution in [1.82, 2.24) is 4.98 Å². The topological polar surface area (TPSA) is 26.0 Å². The highest BCUT2D eigenvalue weighted by Crippen LogP contribution is 2.25. The molecule has 0 aliphatic rings. The molecule has 0 atom stereocenters. The minimum atomic E-state index is 0.919. The molecule has 0 saturated carbocycles. The van der Waals surface area contributed by atoms with Crippen LogP contribution < -0.4 is 0 Å². The van der Waals surface area contributed by atoms with Crippen LogP contribution in [0.3, 0.4) is 0 Å². The number of para-hydroxylation sites is 1. The van der Waals surface area contributed by atoms with E-state index >= 15 is 0 Å². The van der Waals surface area contributed by atoms with E-state index in [2.05, 4.69) is 48.5 Å². The largest absolute Gasteiger partial charge is 0.464 e. The summed E-state index contributed by atoms with van der Waals surface area (Å²) in [5, 5.41) is 1.19. The second-order valence-electron chi connectivity index (χ2n) is 5.63. The van der Waals surface area contributed by atoms with E-state index in [-0.39, 0.29) is 0 Å². The van der Waals surface area contributed by atoms with Crippen molar-refractivity contribution >= 4 is 10.9 Å². The Balaban J connectivity index is 1.59. The highest BCUT2D eigenvalue weighted by molar-refractivity contribution is 5.78. The van der Waals surface area contributed by atoms with Gasteiger partial charge in [0.2, 0.25) is 0 Å². The number of aryl methyl sites for hydroxylation is 2. The smallest absolute Gasteiger partial charge is 0.134 e. The fourth-order valence-corrected chi connectivity index (χ4v) is 2.92. The van der Waals surface area contributed by atoms with Crippen LogP contribution in [-0.4, -0.2) is 4.98 Å². The molecule has 2 aromatic heterocycles. The first-order chi connectivity index (χ1) is 11.4. The van der Waals surface area contributed by atoms with Gasteiger partial charge in [0.25, 0.3) is 0 Å². The molecular formula is C21H17NO. The van der Waals surface area contributed by atoms with Crippen molar-refractivity contribution in [2.45, 2.75) is 12.8 Å². The summed E-state index contributed by atoms with van der Waals surface area (Å²) in [6, 6.07) is 24.9. The molecule has 0 aliphatic carbocycles. The van der Waals surface area contributed by atoms with Crippen LogP contribution >= 0.6 is 0 Å². The number of furan rings is 1. The lowest BCUT2D eigenvalue weighted by molar-refractivity contribution is 0.581. The lowest BCUT2D eigenvalue weighted by Gasteiger charge is -2.08. The second-order valence-corrected chi connectivity index (χ2v) is 5.63. The van der Waals surface area contributed by atoms with Gasteiger partial charge in [-0.1, -0.05) is 48.5 Å². The van der Waals surface area contributed by atoms with Crippen LogP contribution in [0.15, 0.2) is 83.5 Å². The third kappa shape index (κ3) is 2.88. The molecule has 0 unspecified atom stereocenters. The first-order valence-corrected chi connectivity index (χ1v) is 7.86. The van der Waals surface area contributed by atoms with Crippen molar-refractivity contribution in [3.05, 3.63) is 90.3 Å². The molecule has 0 bridgehead atoms. The van der Waals surface area contributed by atoms with Crippen molar-refractivity contribution in [3.8, 4) is 11.3 Å². The van der Waals surface area contributed by atoms with Crippen molar-refractivity contribution in [2.24, 2.45) is 0 Å². The average molecular weight is 299 g/mol. The molecule has 2 heterocycles. The number of pyridine rings is 1. The zero-order valence-corrected chi connectivity index (χ0v) is 12.8. The standard InChI is InChI=1S/C21H17NO/c1-3-8-19(21-10-5-15-23-21)16(6-1)11-13-18-14-12-17-7-2-4-9-20(17)22-18/h1-10,12,14-15H,11,13H2. The van der Waals surface area contributed by atoms with Crippen LogP contribution in [0, 0.1) is 0 Å². The summed E-state index contributed by atoms with van der Waals surface area (Å²) >= 11 is 0. The molecule has 4 aromatic rings. The fourth-order valence-electron chi connectivity index (χ4n) is 2.92. The predicted molar refractivity (Wildman–Crippen MR) is 93.3 cm³/mol. The van der Waals surface area contributed by atoms with Crippen LogP contribution in [0.25, 0.3) is 22.2 Å². The van der Waals surface area contributed by atoms with Crippen LogP contribution in [0.2, 0.25) is 0 Å². The SMILES string of the molecule is c1coc(-c2ccccc2CCc2ccc3ccccc3n2)c1. The molecule has 2 heteroatoms. The number of fused-ring (bicyclic) bond motifs is 1. The molecule has 0 fully saturated rings. The van der Waals surface area contributed by atoms with E-state index in [0.29, 0.717) is 0 Å². The molecule has 0 radical (unpaired) electrons. The molecule has 2 nitrogen and oxygen atoms in total. The van der Waals surface area contributed by atoms with Gasteiger partial charge in [-0.15, -0.1) is 0 Å². The highest BCUT2D eigenvalue weighted by atomic mass is 16.3. The van der Waals surface area contributed by atoms with Gasteiger partial charge in [0, 0.05) is 16.6 Å². The zero-order chi connectivity index (χ0) is 15.5. The average Bonchev–Trinajstić information content (AvgIpc) is 3.14. The number of hydrogen-bond acceptors (Lipinski definition) is 2. The van der Waals surface area contributed by atoms with Gasteiger partial charge in [0.05, 0.1) is 11.8 Å². The minimum absolute atomic E-state index is 0.919. The van der Waals surface area contributed by atoms with E-state index in [9.17, 15) is 0 Å². The van der Waals surface area contributed by atoms with Gasteiger partial charge in [-0.05, 0) is 42.7 Å². The summed E-state index contributed by atoms with van der Waals surface area (Å²) in [4.78, 5) is 4.76. The molecule has 0 saturated heterocycles. The Hall–Kier alpha value is -2.87. The summed E-state index contributed by atoms with van der Waals surface area (Å²) in [6.07, 6.45) is 3.59. The molecule has 4 rings (SSSR count). The Morgan fingerprint density at radius 1 is 0.739 bits per heavy atom. The number of nitrogens with zero attached hydrogens (tertiary/aromatic N) is 1. The lowest BCUT2D eigenvalue weighted by atomic mass is 10.00. The molecule has 0 N–H and O–H groups in total. The third-order valence-electron chi connectivity index (χ3n) is 4.11. The fraction of sp³-hybridized carbons (Fsp3) is 0.0952. The first kappa shape index (κ1) is 13.8. The molecular weight excluding hydrogens is 282 g/mol. The van der Waals surface area contributed by atoms with Gasteiger partial charge < -0.3 is 4.42 Å². The van der Waals surface area contributed by atoms with Crippen LogP contribution in [0.5, 0.6) is 0 Å². The van der Waals surface area contributed by atoms with Crippen molar-refractivity contribution in [3.63, 3.8) is 0 Å². The van der Waals surface area contributed by atoms with E-state index in [4.69, 9.17) is 9.40 Å². The van der Waals surface area contributed by atoms with Crippen molar-refractivity contribution in [2.75, 3.05) is 0 Å². The molecule has 112 valence electrons. The Bertz CT molecular complexity index is 925. The number of rotatable bonds is 4. The van der Waals surface area contributed by atoms with E-state index in [0.717, 1.165) is 29.8 Å². The van der Waals surface area contributed by atoms with E-state index < -0.39 is 0 Å². The van der Waals surface area contributed by atoms with Crippen molar-refractivity contribution < 1.29 is 4.42 Å². The second kappa shape index (κ2) is 6.09. The molecule has 23 heavy (non-hydrogen) atoms. The Labute approximate surface area is 135 Å². The van der Waals surface area contributed by atoms with Crippen LogP contribution in [0.4, 0.5) is 0 Å². The molecule has 0 aliphatic heterocycles. The van der Waals surface area contributed by atoms with E-state index in [1.165, 1.54) is 16.5 Å². The van der Waals surface area contributed by atoms with E-state index in [1.807, 2.05) is 24.3 Å². The normalized spacial score (nSPS) is 11.0. The quantitative estimate of drug-likeness (QED) is 0.512. The van der Waals surface area contributed by atoms with Gasteiger partial charge in [-0.2, -0.15) is 0 Å². The number of hydrogen-bond donors (Lipinski definition) is 0. The van der Waals surface area contributed by atoms with Gasteiger partial charge in [0.1, 0.15) is 5.76 Å². The summed E-state index contributed by atoms with van der Waals surface area (Å²) in [6.45, 7) is 0. The van der Waals surface area contributed by atoms with Gasteiger partial charge >= 0.3 is 0 Å². The Kier molecular flexibility index (Phi) is 3.65. The van der Waals surface area contributed by atoms with E-state index in [1.54, 1.807) is 6.26 Å². The number of benzene rings is 2. The molecule has 0 amide bonds.